The van der Waals surface area contributed by atoms with E-state index in [1.807, 2.05) is 37.7 Å². The quantitative estimate of drug-likeness (QED) is 0.945. The van der Waals surface area contributed by atoms with E-state index >= 15 is 0 Å². The molecule has 5 heteroatoms. The average Bonchev–Trinajstić information content (AvgIpc) is 2.79. The zero-order valence-corrected chi connectivity index (χ0v) is 12.5. The fourth-order valence-electron chi connectivity index (χ4n) is 1.82. The summed E-state index contributed by atoms with van der Waals surface area (Å²) >= 11 is 5.15. The standard InChI is InChI=1S/C12H15BrN2OS/c1-7-4-5-11(17-7)10(16)6-9-12(13)8(2)14-15(9)3/h4-5,10,16H,6H2,1-3H3. The Morgan fingerprint density at radius 2 is 2.18 bits per heavy atom. The van der Waals surface area contributed by atoms with Crippen LogP contribution in [-0.2, 0) is 13.5 Å². The SMILES string of the molecule is Cc1ccc(C(O)Cc2c(Br)c(C)nn2C)s1. The third kappa shape index (κ3) is 2.61. The van der Waals surface area contributed by atoms with E-state index in [4.69, 9.17) is 0 Å². The summed E-state index contributed by atoms with van der Waals surface area (Å²) < 4.78 is 2.82. The van der Waals surface area contributed by atoms with Crippen LogP contribution < -0.4 is 0 Å². The lowest BCUT2D eigenvalue weighted by Gasteiger charge is -2.09. The minimum Gasteiger partial charge on any atom is -0.387 e. The number of thiophene rings is 1. The van der Waals surface area contributed by atoms with Crippen LogP contribution in [0.2, 0.25) is 0 Å². The zero-order valence-electron chi connectivity index (χ0n) is 10.1. The van der Waals surface area contributed by atoms with E-state index in [1.165, 1.54) is 4.88 Å². The molecule has 0 saturated carbocycles. The number of aliphatic hydroxyl groups is 1. The predicted molar refractivity (Wildman–Crippen MR) is 73.4 cm³/mol. The maximum absolute atomic E-state index is 10.2. The molecule has 0 aliphatic heterocycles. The third-order valence-corrected chi connectivity index (χ3v) is 4.87. The Balaban J connectivity index is 2.21. The summed E-state index contributed by atoms with van der Waals surface area (Å²) in [5, 5.41) is 14.5. The molecule has 0 saturated heterocycles. The highest BCUT2D eigenvalue weighted by Gasteiger charge is 2.17. The van der Waals surface area contributed by atoms with Crippen molar-refractivity contribution >= 4 is 27.3 Å². The molecular weight excluding hydrogens is 300 g/mol. The third-order valence-electron chi connectivity index (χ3n) is 2.74. The summed E-state index contributed by atoms with van der Waals surface area (Å²) in [4.78, 5) is 2.23. The van der Waals surface area contributed by atoms with Gasteiger partial charge >= 0.3 is 0 Å². The second-order valence-electron chi connectivity index (χ2n) is 4.14. The molecule has 2 aromatic rings. The van der Waals surface area contributed by atoms with E-state index in [0.29, 0.717) is 6.42 Å². The molecule has 0 spiro atoms. The highest BCUT2D eigenvalue weighted by atomic mass is 79.9. The first-order valence-electron chi connectivity index (χ1n) is 5.41. The van der Waals surface area contributed by atoms with Crippen molar-refractivity contribution in [3.05, 3.63) is 37.7 Å². The number of rotatable bonds is 3. The van der Waals surface area contributed by atoms with Gasteiger partial charge in [-0.2, -0.15) is 5.10 Å². The molecule has 3 nitrogen and oxygen atoms in total. The molecule has 0 bridgehead atoms. The molecule has 0 amide bonds. The van der Waals surface area contributed by atoms with Crippen molar-refractivity contribution in [1.29, 1.82) is 0 Å². The Morgan fingerprint density at radius 3 is 2.65 bits per heavy atom. The summed E-state index contributed by atoms with van der Waals surface area (Å²) in [6.45, 7) is 4.00. The van der Waals surface area contributed by atoms with Crippen LogP contribution in [0.1, 0.15) is 27.2 Å². The molecule has 2 aromatic heterocycles. The van der Waals surface area contributed by atoms with Gasteiger partial charge in [-0.05, 0) is 41.9 Å². The van der Waals surface area contributed by atoms with Gasteiger partial charge in [0.2, 0.25) is 0 Å². The lowest BCUT2D eigenvalue weighted by molar-refractivity contribution is 0.179. The molecule has 0 fully saturated rings. The van der Waals surface area contributed by atoms with Gasteiger partial charge in [-0.3, -0.25) is 4.68 Å². The van der Waals surface area contributed by atoms with Crippen molar-refractivity contribution in [2.24, 2.45) is 7.05 Å². The van der Waals surface area contributed by atoms with Crippen LogP contribution in [-0.4, -0.2) is 14.9 Å². The Hall–Kier alpha value is -0.650. The van der Waals surface area contributed by atoms with E-state index in [1.54, 1.807) is 11.3 Å². The van der Waals surface area contributed by atoms with Crippen molar-refractivity contribution in [3.8, 4) is 0 Å². The van der Waals surface area contributed by atoms with E-state index in [9.17, 15) is 5.11 Å². The molecular formula is C12H15BrN2OS. The van der Waals surface area contributed by atoms with Gasteiger partial charge < -0.3 is 5.11 Å². The number of aromatic nitrogens is 2. The number of aliphatic hydroxyl groups excluding tert-OH is 1. The van der Waals surface area contributed by atoms with Crippen molar-refractivity contribution in [3.63, 3.8) is 0 Å². The van der Waals surface area contributed by atoms with Crippen LogP contribution >= 0.6 is 27.3 Å². The van der Waals surface area contributed by atoms with Gasteiger partial charge in [0.1, 0.15) is 0 Å². The second kappa shape index (κ2) is 4.92. The Bertz CT molecular complexity index is 533. The van der Waals surface area contributed by atoms with E-state index in [-0.39, 0.29) is 0 Å². The molecule has 2 heterocycles. The Labute approximate surface area is 113 Å². The largest absolute Gasteiger partial charge is 0.387 e. The summed E-state index contributed by atoms with van der Waals surface area (Å²) in [6.07, 6.45) is 0.123. The first-order valence-corrected chi connectivity index (χ1v) is 7.02. The van der Waals surface area contributed by atoms with Gasteiger partial charge in [-0.15, -0.1) is 11.3 Å². The van der Waals surface area contributed by atoms with Gasteiger partial charge in [0.05, 0.1) is 22.0 Å². The second-order valence-corrected chi connectivity index (χ2v) is 6.25. The molecule has 2 rings (SSSR count). The molecule has 17 heavy (non-hydrogen) atoms. The topological polar surface area (TPSA) is 38.1 Å². The first-order chi connectivity index (χ1) is 7.99. The molecule has 0 radical (unpaired) electrons. The smallest absolute Gasteiger partial charge is 0.0937 e. The van der Waals surface area contributed by atoms with Crippen LogP contribution in [0.15, 0.2) is 16.6 Å². The van der Waals surface area contributed by atoms with Crippen LogP contribution in [0.4, 0.5) is 0 Å². The maximum atomic E-state index is 10.2. The number of halogens is 1. The average molecular weight is 315 g/mol. The lowest BCUT2D eigenvalue weighted by Crippen LogP contribution is -2.05. The van der Waals surface area contributed by atoms with Gasteiger partial charge in [0.15, 0.2) is 0 Å². The molecule has 92 valence electrons. The van der Waals surface area contributed by atoms with Crippen molar-refractivity contribution < 1.29 is 5.11 Å². The minimum absolute atomic E-state index is 0.459. The van der Waals surface area contributed by atoms with Gasteiger partial charge in [-0.1, -0.05) is 0 Å². The monoisotopic (exact) mass is 314 g/mol. The lowest BCUT2D eigenvalue weighted by atomic mass is 10.1. The summed E-state index contributed by atoms with van der Waals surface area (Å²) in [6, 6.07) is 4.02. The number of nitrogens with zero attached hydrogens (tertiary/aromatic N) is 2. The zero-order chi connectivity index (χ0) is 12.6. The number of hydrogen-bond donors (Lipinski definition) is 1. The fourth-order valence-corrected chi connectivity index (χ4v) is 3.18. The molecule has 0 aliphatic rings. The van der Waals surface area contributed by atoms with Crippen molar-refractivity contribution in [2.45, 2.75) is 26.4 Å². The summed E-state index contributed by atoms with van der Waals surface area (Å²) in [5.74, 6) is 0. The van der Waals surface area contributed by atoms with E-state index in [0.717, 1.165) is 20.7 Å². The van der Waals surface area contributed by atoms with Crippen molar-refractivity contribution in [2.75, 3.05) is 0 Å². The van der Waals surface area contributed by atoms with Crippen molar-refractivity contribution in [1.82, 2.24) is 9.78 Å². The fraction of sp³-hybridized carbons (Fsp3) is 0.417. The molecule has 1 N–H and O–H groups in total. The Morgan fingerprint density at radius 1 is 1.47 bits per heavy atom. The molecule has 1 atom stereocenters. The van der Waals surface area contributed by atoms with E-state index < -0.39 is 6.10 Å². The minimum atomic E-state index is -0.459. The van der Waals surface area contributed by atoms with Crippen LogP contribution in [0.3, 0.4) is 0 Å². The summed E-state index contributed by atoms with van der Waals surface area (Å²) in [7, 11) is 1.90. The van der Waals surface area contributed by atoms with Gasteiger partial charge in [0, 0.05) is 23.2 Å². The molecule has 0 aliphatic carbocycles. The maximum Gasteiger partial charge on any atom is 0.0937 e. The van der Waals surface area contributed by atoms with Gasteiger partial charge in [-0.25, -0.2) is 0 Å². The van der Waals surface area contributed by atoms with E-state index in [2.05, 4.69) is 21.0 Å². The molecule has 0 aromatic carbocycles. The van der Waals surface area contributed by atoms with Crippen LogP contribution in [0, 0.1) is 13.8 Å². The predicted octanol–water partition coefficient (Wildman–Crippen LogP) is 3.14. The number of hydrogen-bond acceptors (Lipinski definition) is 3. The number of aryl methyl sites for hydroxylation is 3. The van der Waals surface area contributed by atoms with Gasteiger partial charge in [0.25, 0.3) is 0 Å². The molecule has 1 unspecified atom stereocenters. The normalized spacial score (nSPS) is 13.0. The Kier molecular flexibility index (Phi) is 3.70. The summed E-state index contributed by atoms with van der Waals surface area (Å²) in [5.41, 5.74) is 1.98. The van der Waals surface area contributed by atoms with Crippen LogP contribution in [0.5, 0.6) is 0 Å². The highest BCUT2D eigenvalue weighted by Crippen LogP contribution is 2.29. The first kappa shape index (κ1) is 12.8. The highest BCUT2D eigenvalue weighted by molar-refractivity contribution is 9.10. The van der Waals surface area contributed by atoms with Crippen LogP contribution in [0.25, 0.3) is 0 Å².